The highest BCUT2D eigenvalue weighted by Gasteiger charge is 2.11. The van der Waals surface area contributed by atoms with Crippen LogP contribution in [0, 0.1) is 0 Å². The van der Waals surface area contributed by atoms with Gasteiger partial charge in [-0.1, -0.05) is 24.3 Å². The number of amides is 2. The van der Waals surface area contributed by atoms with Gasteiger partial charge in [-0.15, -0.1) is 0 Å². The van der Waals surface area contributed by atoms with Gasteiger partial charge in [0, 0.05) is 24.4 Å². The lowest BCUT2D eigenvalue weighted by Gasteiger charge is -2.09. The minimum Gasteiger partial charge on any atom is -0.326 e. The molecule has 0 spiro atoms. The van der Waals surface area contributed by atoms with Crippen LogP contribution in [0.15, 0.2) is 71.5 Å². The van der Waals surface area contributed by atoms with E-state index >= 15 is 0 Å². The van der Waals surface area contributed by atoms with Gasteiger partial charge in [0.15, 0.2) is 0 Å². The van der Waals surface area contributed by atoms with Gasteiger partial charge in [0.25, 0.3) is 11.5 Å². The van der Waals surface area contributed by atoms with Crippen LogP contribution in [0.5, 0.6) is 0 Å². The predicted molar refractivity (Wildman–Crippen MR) is 98.5 cm³/mol. The van der Waals surface area contributed by atoms with Crippen molar-refractivity contribution in [3.8, 4) is 5.69 Å². The molecular weight excluding hydrogens is 332 g/mol. The number of carbonyl (C=O) groups is 2. The Bertz CT molecular complexity index is 1010. The van der Waals surface area contributed by atoms with E-state index in [0.717, 1.165) is 0 Å². The number of rotatable bonds is 4. The number of benzene rings is 2. The molecule has 0 atom stereocenters. The van der Waals surface area contributed by atoms with E-state index < -0.39 is 5.91 Å². The van der Waals surface area contributed by atoms with Crippen molar-refractivity contribution in [2.75, 3.05) is 10.6 Å². The molecule has 0 aliphatic heterocycles. The second-order valence-electron chi connectivity index (χ2n) is 5.52. The van der Waals surface area contributed by atoms with E-state index in [1.165, 1.54) is 23.7 Å². The number of para-hydroxylation sites is 1. The SMILES string of the molecule is CC(=O)Nc1cccc(NC(=O)c2ccc(=O)n(-c3ccccc3)n2)c1. The fraction of sp³-hybridized carbons (Fsp3) is 0.0526. The Morgan fingerprint density at radius 2 is 1.58 bits per heavy atom. The zero-order valence-electron chi connectivity index (χ0n) is 14.0. The van der Waals surface area contributed by atoms with Crippen molar-refractivity contribution < 1.29 is 9.59 Å². The maximum absolute atomic E-state index is 12.5. The van der Waals surface area contributed by atoms with Crippen LogP contribution in [0.2, 0.25) is 0 Å². The molecule has 0 saturated carbocycles. The van der Waals surface area contributed by atoms with Gasteiger partial charge >= 0.3 is 0 Å². The molecule has 2 aromatic carbocycles. The Kier molecular flexibility index (Phi) is 4.89. The summed E-state index contributed by atoms with van der Waals surface area (Å²) in [5.74, 6) is -0.667. The summed E-state index contributed by atoms with van der Waals surface area (Å²) in [6.07, 6.45) is 0. The molecule has 0 bridgehead atoms. The molecule has 0 fully saturated rings. The van der Waals surface area contributed by atoms with E-state index in [1.807, 2.05) is 6.07 Å². The summed E-state index contributed by atoms with van der Waals surface area (Å²) in [7, 11) is 0. The van der Waals surface area contributed by atoms with Gasteiger partial charge in [0.1, 0.15) is 5.69 Å². The standard InChI is InChI=1S/C19H16N4O3/c1-13(24)20-14-6-5-7-15(12-14)21-19(26)17-10-11-18(25)23(22-17)16-8-3-2-4-9-16/h2-12H,1H3,(H,20,24)(H,21,26). The Hall–Kier alpha value is -3.74. The van der Waals surface area contributed by atoms with Crippen LogP contribution in [-0.4, -0.2) is 21.6 Å². The highest BCUT2D eigenvalue weighted by atomic mass is 16.2. The summed E-state index contributed by atoms with van der Waals surface area (Å²) in [6, 6.07) is 18.3. The first-order chi connectivity index (χ1) is 12.5. The zero-order valence-corrected chi connectivity index (χ0v) is 14.0. The average molecular weight is 348 g/mol. The van der Waals surface area contributed by atoms with Gasteiger partial charge in [-0.25, -0.2) is 0 Å². The minimum atomic E-state index is -0.463. The van der Waals surface area contributed by atoms with Crippen molar-refractivity contribution in [3.63, 3.8) is 0 Å². The maximum atomic E-state index is 12.5. The lowest BCUT2D eigenvalue weighted by molar-refractivity contribution is -0.114. The first-order valence-corrected chi connectivity index (χ1v) is 7.88. The zero-order chi connectivity index (χ0) is 18.5. The van der Waals surface area contributed by atoms with Crippen LogP contribution in [0.3, 0.4) is 0 Å². The van der Waals surface area contributed by atoms with E-state index in [0.29, 0.717) is 17.1 Å². The van der Waals surface area contributed by atoms with Crippen molar-refractivity contribution in [1.29, 1.82) is 0 Å². The second-order valence-corrected chi connectivity index (χ2v) is 5.52. The molecule has 0 unspecified atom stereocenters. The largest absolute Gasteiger partial charge is 0.326 e. The molecule has 2 amide bonds. The molecule has 0 radical (unpaired) electrons. The van der Waals surface area contributed by atoms with Gasteiger partial charge in [-0.05, 0) is 36.4 Å². The van der Waals surface area contributed by atoms with Crippen molar-refractivity contribution in [1.82, 2.24) is 9.78 Å². The monoisotopic (exact) mass is 348 g/mol. The van der Waals surface area contributed by atoms with Crippen molar-refractivity contribution in [3.05, 3.63) is 82.8 Å². The minimum absolute atomic E-state index is 0.0957. The third-order valence-corrected chi connectivity index (χ3v) is 3.47. The van der Waals surface area contributed by atoms with Crippen LogP contribution < -0.4 is 16.2 Å². The Labute approximate surface area is 149 Å². The molecule has 130 valence electrons. The average Bonchev–Trinajstić information content (AvgIpc) is 2.62. The van der Waals surface area contributed by atoms with E-state index in [9.17, 15) is 14.4 Å². The normalized spacial score (nSPS) is 10.2. The molecule has 0 saturated heterocycles. The third kappa shape index (κ3) is 4.02. The van der Waals surface area contributed by atoms with E-state index in [-0.39, 0.29) is 17.2 Å². The first kappa shape index (κ1) is 17.1. The van der Waals surface area contributed by atoms with Gasteiger partial charge in [0.2, 0.25) is 5.91 Å². The summed E-state index contributed by atoms with van der Waals surface area (Å²) in [5.41, 5.74) is 1.40. The van der Waals surface area contributed by atoms with Crippen LogP contribution in [0.25, 0.3) is 5.69 Å². The Balaban J connectivity index is 1.85. The van der Waals surface area contributed by atoms with Crippen LogP contribution in [0.4, 0.5) is 11.4 Å². The predicted octanol–water partition coefficient (Wildman–Crippen LogP) is 2.44. The number of aromatic nitrogens is 2. The molecule has 1 aromatic heterocycles. The van der Waals surface area contributed by atoms with Gasteiger partial charge < -0.3 is 10.6 Å². The number of hydrogen-bond acceptors (Lipinski definition) is 4. The summed E-state index contributed by atoms with van der Waals surface area (Å²) in [5, 5.41) is 9.48. The Morgan fingerprint density at radius 3 is 2.27 bits per heavy atom. The lowest BCUT2D eigenvalue weighted by atomic mass is 10.2. The molecule has 3 aromatic rings. The van der Waals surface area contributed by atoms with Crippen molar-refractivity contribution in [2.45, 2.75) is 6.92 Å². The van der Waals surface area contributed by atoms with E-state index in [1.54, 1.807) is 48.5 Å². The molecular formula is C19H16N4O3. The van der Waals surface area contributed by atoms with Crippen LogP contribution in [0.1, 0.15) is 17.4 Å². The van der Waals surface area contributed by atoms with E-state index in [2.05, 4.69) is 15.7 Å². The summed E-state index contributed by atoms with van der Waals surface area (Å²) in [4.78, 5) is 35.6. The number of carbonyl (C=O) groups excluding carboxylic acids is 2. The maximum Gasteiger partial charge on any atom is 0.276 e. The number of anilines is 2. The fourth-order valence-corrected chi connectivity index (χ4v) is 2.36. The van der Waals surface area contributed by atoms with Crippen molar-refractivity contribution >= 4 is 23.2 Å². The highest BCUT2D eigenvalue weighted by Crippen LogP contribution is 2.15. The quantitative estimate of drug-likeness (QED) is 0.757. The number of nitrogens with one attached hydrogen (secondary N) is 2. The van der Waals surface area contributed by atoms with Crippen LogP contribution in [-0.2, 0) is 4.79 Å². The molecule has 3 rings (SSSR count). The molecule has 1 heterocycles. The van der Waals surface area contributed by atoms with E-state index in [4.69, 9.17) is 0 Å². The summed E-state index contributed by atoms with van der Waals surface area (Å²) in [6.45, 7) is 1.40. The molecule has 0 aliphatic rings. The first-order valence-electron chi connectivity index (χ1n) is 7.88. The summed E-state index contributed by atoms with van der Waals surface area (Å²) >= 11 is 0. The van der Waals surface area contributed by atoms with Crippen molar-refractivity contribution in [2.24, 2.45) is 0 Å². The molecule has 0 aliphatic carbocycles. The van der Waals surface area contributed by atoms with Gasteiger partial charge in [-0.2, -0.15) is 9.78 Å². The lowest BCUT2D eigenvalue weighted by Crippen LogP contribution is -2.24. The van der Waals surface area contributed by atoms with Gasteiger partial charge in [-0.3, -0.25) is 14.4 Å². The summed E-state index contributed by atoms with van der Waals surface area (Å²) < 4.78 is 1.17. The second kappa shape index (κ2) is 7.43. The highest BCUT2D eigenvalue weighted by molar-refractivity contribution is 6.03. The molecule has 26 heavy (non-hydrogen) atoms. The Morgan fingerprint density at radius 1 is 0.885 bits per heavy atom. The topological polar surface area (TPSA) is 93.1 Å². The van der Waals surface area contributed by atoms with Gasteiger partial charge in [0.05, 0.1) is 5.69 Å². The number of hydrogen-bond donors (Lipinski definition) is 2. The van der Waals surface area contributed by atoms with Crippen LogP contribution >= 0.6 is 0 Å². The molecule has 2 N–H and O–H groups in total. The smallest absolute Gasteiger partial charge is 0.276 e. The molecule has 7 nitrogen and oxygen atoms in total. The third-order valence-electron chi connectivity index (χ3n) is 3.47. The fourth-order valence-electron chi connectivity index (χ4n) is 2.36. The number of nitrogens with zero attached hydrogens (tertiary/aromatic N) is 2. The molecule has 7 heteroatoms.